The highest BCUT2D eigenvalue weighted by atomic mass is 16.1. The maximum absolute atomic E-state index is 11.3. The van der Waals surface area contributed by atoms with E-state index < -0.39 is 5.91 Å². The molecule has 3 aromatic heterocycles. The summed E-state index contributed by atoms with van der Waals surface area (Å²) in [6, 6.07) is 0. The quantitative estimate of drug-likeness (QED) is 0.498. The number of nitrogens with one attached hydrogen (secondary N) is 1. The minimum absolute atomic E-state index is 0.139. The van der Waals surface area contributed by atoms with E-state index >= 15 is 0 Å². The molecule has 0 spiro atoms. The van der Waals surface area contributed by atoms with E-state index in [0.29, 0.717) is 17.8 Å². The monoisotopic (exact) mass is 290 g/mol. The Morgan fingerprint density at radius 1 is 1.33 bits per heavy atom. The number of nitrogen functional groups attached to an aromatic ring is 1. The fraction of sp³-hybridized carbons (Fsp3) is 0.182. The molecule has 0 fully saturated rings. The number of fused-ring (bicyclic) bond motifs is 1. The number of amides is 1. The van der Waals surface area contributed by atoms with Crippen LogP contribution in [0.25, 0.3) is 5.52 Å². The molecule has 1 amide bonds. The molecule has 0 bridgehead atoms. The van der Waals surface area contributed by atoms with Crippen LogP contribution in [0.4, 0.5) is 0 Å². The lowest BCUT2D eigenvalue weighted by Crippen LogP contribution is -2.20. The van der Waals surface area contributed by atoms with E-state index in [1.54, 1.807) is 0 Å². The van der Waals surface area contributed by atoms with Gasteiger partial charge in [0, 0.05) is 6.42 Å². The summed E-state index contributed by atoms with van der Waals surface area (Å²) in [5, 5.41) is 4.11. The summed E-state index contributed by atoms with van der Waals surface area (Å²) < 4.78 is 2.56. The van der Waals surface area contributed by atoms with E-state index in [2.05, 4.69) is 20.1 Å². The molecule has 0 aliphatic heterocycles. The van der Waals surface area contributed by atoms with Crippen molar-refractivity contribution < 1.29 is 4.79 Å². The van der Waals surface area contributed by atoms with Gasteiger partial charge in [-0.15, -0.1) is 0 Å². The van der Waals surface area contributed by atoms with Crippen molar-refractivity contribution in [3.63, 3.8) is 0 Å². The molecule has 21 heavy (non-hydrogen) atoms. The van der Waals surface area contributed by atoms with Crippen LogP contribution in [-0.4, -0.2) is 35.1 Å². The van der Waals surface area contributed by atoms with Gasteiger partial charge >= 0.3 is 0 Å². The van der Waals surface area contributed by atoms with E-state index in [1.165, 1.54) is 29.6 Å². The number of aryl methyl sites for hydroxylation is 1. The zero-order valence-corrected chi connectivity index (χ0v) is 11.2. The van der Waals surface area contributed by atoms with Crippen LogP contribution in [0, 0.1) is 0 Å². The van der Waals surface area contributed by atoms with Gasteiger partial charge in [-0.25, -0.2) is 19.2 Å². The Morgan fingerprint density at radius 2 is 2.05 bits per heavy atom. The molecule has 10 nitrogen and oxygen atoms in total. The SMILES string of the molecule is CCc1nn2cncc2c(=O)[nH]1.NC(=O)c1cncn1N. The number of primary amides is 1. The number of nitrogens with zero attached hydrogens (tertiary/aromatic N) is 5. The standard InChI is InChI=1S/C7H8N4O.C4H6N4O/c1-2-6-9-7(12)5-3-8-4-11(5)10-6;5-4(9)3-1-7-2-8(3)6/h3-4H,2H2,1H3,(H,9,10,12);1-2H,6H2,(H2,5,9). The maximum atomic E-state index is 11.3. The minimum Gasteiger partial charge on any atom is -0.364 e. The highest BCUT2D eigenvalue weighted by molar-refractivity contribution is 5.90. The largest absolute Gasteiger partial charge is 0.364 e. The summed E-state index contributed by atoms with van der Waals surface area (Å²) in [7, 11) is 0. The van der Waals surface area contributed by atoms with Gasteiger partial charge < -0.3 is 16.6 Å². The van der Waals surface area contributed by atoms with Crippen molar-refractivity contribution in [2.24, 2.45) is 5.73 Å². The van der Waals surface area contributed by atoms with Crippen molar-refractivity contribution in [1.82, 2.24) is 29.2 Å². The number of hydrogen-bond donors (Lipinski definition) is 3. The molecule has 10 heteroatoms. The maximum Gasteiger partial charge on any atom is 0.276 e. The topological polar surface area (TPSA) is 150 Å². The van der Waals surface area contributed by atoms with E-state index in [9.17, 15) is 9.59 Å². The third kappa shape index (κ3) is 3.05. The molecule has 3 heterocycles. The molecule has 0 aliphatic rings. The van der Waals surface area contributed by atoms with E-state index in [-0.39, 0.29) is 11.3 Å². The van der Waals surface area contributed by atoms with Gasteiger partial charge in [0.15, 0.2) is 0 Å². The van der Waals surface area contributed by atoms with Crippen molar-refractivity contribution in [2.45, 2.75) is 13.3 Å². The van der Waals surface area contributed by atoms with Gasteiger partial charge in [0.1, 0.15) is 29.7 Å². The van der Waals surface area contributed by atoms with Crippen LogP contribution < -0.4 is 17.1 Å². The van der Waals surface area contributed by atoms with Crippen LogP contribution in [0.15, 0.2) is 29.8 Å². The predicted octanol–water partition coefficient (Wildman–Crippen LogP) is -1.32. The number of nitrogens with two attached hydrogens (primary N) is 2. The zero-order valence-electron chi connectivity index (χ0n) is 11.2. The Balaban J connectivity index is 0.000000161. The second-order valence-electron chi connectivity index (χ2n) is 4.03. The lowest BCUT2D eigenvalue weighted by Gasteiger charge is -1.95. The fourth-order valence-corrected chi connectivity index (χ4v) is 1.54. The number of carbonyl (C=O) groups excluding carboxylic acids is 1. The Morgan fingerprint density at radius 3 is 2.57 bits per heavy atom. The lowest BCUT2D eigenvalue weighted by molar-refractivity contribution is 0.0993. The molecule has 3 rings (SSSR count). The number of imidazole rings is 2. The summed E-state index contributed by atoms with van der Waals surface area (Å²) in [6.07, 6.45) is 6.33. The molecule has 5 N–H and O–H groups in total. The van der Waals surface area contributed by atoms with Gasteiger partial charge in [0.2, 0.25) is 0 Å². The molecule has 0 radical (unpaired) electrons. The molecule has 110 valence electrons. The summed E-state index contributed by atoms with van der Waals surface area (Å²) in [4.78, 5) is 31.7. The molecule has 0 aliphatic carbocycles. The molecule has 0 saturated carbocycles. The third-order valence-corrected chi connectivity index (χ3v) is 2.59. The van der Waals surface area contributed by atoms with Crippen LogP contribution >= 0.6 is 0 Å². The fourth-order valence-electron chi connectivity index (χ4n) is 1.54. The van der Waals surface area contributed by atoms with Gasteiger partial charge in [0.05, 0.1) is 12.4 Å². The molecular formula is C11H14N8O2. The zero-order chi connectivity index (χ0) is 15.4. The van der Waals surface area contributed by atoms with Gasteiger partial charge in [-0.1, -0.05) is 6.92 Å². The molecule has 0 unspecified atom stereocenters. The molecule has 0 saturated heterocycles. The summed E-state index contributed by atoms with van der Waals surface area (Å²) in [5.41, 5.74) is 5.42. The Kier molecular flexibility index (Phi) is 3.97. The first-order valence-corrected chi connectivity index (χ1v) is 6.01. The van der Waals surface area contributed by atoms with Gasteiger partial charge in [0.25, 0.3) is 11.5 Å². The van der Waals surface area contributed by atoms with Gasteiger partial charge in [-0.3, -0.25) is 9.59 Å². The second-order valence-corrected chi connectivity index (χ2v) is 4.03. The number of hydrogen-bond acceptors (Lipinski definition) is 6. The normalized spacial score (nSPS) is 10.1. The summed E-state index contributed by atoms with van der Waals surface area (Å²) in [5.74, 6) is 5.29. The van der Waals surface area contributed by atoms with Crippen LogP contribution in [0.5, 0.6) is 0 Å². The van der Waals surface area contributed by atoms with Gasteiger partial charge in [-0.2, -0.15) is 5.10 Å². The molecule has 3 aromatic rings. The van der Waals surface area contributed by atoms with Crippen molar-refractivity contribution in [2.75, 3.05) is 5.84 Å². The predicted molar refractivity (Wildman–Crippen MR) is 73.9 cm³/mol. The smallest absolute Gasteiger partial charge is 0.276 e. The number of aromatic nitrogens is 6. The van der Waals surface area contributed by atoms with Crippen molar-refractivity contribution in [3.05, 3.63) is 46.9 Å². The average Bonchev–Trinajstić information content (AvgIpc) is 3.07. The molecule has 0 atom stereocenters. The number of aromatic amines is 1. The number of carbonyl (C=O) groups is 1. The second kappa shape index (κ2) is 5.86. The highest BCUT2D eigenvalue weighted by Gasteiger charge is 2.03. The average molecular weight is 290 g/mol. The molecule has 0 aromatic carbocycles. The van der Waals surface area contributed by atoms with Crippen LogP contribution in [0.1, 0.15) is 23.2 Å². The first-order valence-electron chi connectivity index (χ1n) is 6.01. The van der Waals surface area contributed by atoms with E-state index in [4.69, 9.17) is 11.6 Å². The third-order valence-electron chi connectivity index (χ3n) is 2.59. The summed E-state index contributed by atoms with van der Waals surface area (Å²) in [6.45, 7) is 1.93. The highest BCUT2D eigenvalue weighted by Crippen LogP contribution is 1.92. The van der Waals surface area contributed by atoms with Crippen LogP contribution in [0.2, 0.25) is 0 Å². The Bertz CT molecular complexity index is 815. The Labute approximate surface area is 118 Å². The van der Waals surface area contributed by atoms with Crippen LogP contribution in [-0.2, 0) is 6.42 Å². The Hall–Kier alpha value is -3.17. The number of rotatable bonds is 2. The van der Waals surface area contributed by atoms with Crippen LogP contribution in [0.3, 0.4) is 0 Å². The van der Waals surface area contributed by atoms with Crippen molar-refractivity contribution in [3.8, 4) is 0 Å². The molecular weight excluding hydrogens is 276 g/mol. The lowest BCUT2D eigenvalue weighted by atomic mass is 10.4. The first kappa shape index (κ1) is 14.2. The van der Waals surface area contributed by atoms with Crippen molar-refractivity contribution in [1.29, 1.82) is 0 Å². The van der Waals surface area contributed by atoms with Crippen molar-refractivity contribution >= 4 is 11.4 Å². The van der Waals surface area contributed by atoms with E-state index in [0.717, 1.165) is 4.68 Å². The number of H-pyrrole nitrogens is 1. The minimum atomic E-state index is -0.574. The van der Waals surface area contributed by atoms with E-state index in [1.807, 2.05) is 6.92 Å². The summed E-state index contributed by atoms with van der Waals surface area (Å²) >= 11 is 0. The first-order chi connectivity index (χ1) is 10.0. The van der Waals surface area contributed by atoms with Gasteiger partial charge in [-0.05, 0) is 0 Å².